The van der Waals surface area contributed by atoms with E-state index in [1.165, 1.54) is 5.56 Å². The third kappa shape index (κ3) is 2.21. The van der Waals surface area contributed by atoms with Crippen molar-refractivity contribution in [3.05, 3.63) is 46.5 Å². The lowest BCUT2D eigenvalue weighted by Gasteiger charge is -2.41. The van der Waals surface area contributed by atoms with Gasteiger partial charge in [0.2, 0.25) is 13.6 Å². The molecule has 0 aromatic heterocycles. The van der Waals surface area contributed by atoms with Gasteiger partial charge in [-0.15, -0.1) is 0 Å². The quantitative estimate of drug-likeness (QED) is 0.750. The minimum absolute atomic E-state index is 0.0394. The van der Waals surface area contributed by atoms with Gasteiger partial charge in [-0.25, -0.2) is 0 Å². The molecule has 4 heterocycles. The van der Waals surface area contributed by atoms with Crippen molar-refractivity contribution in [2.75, 3.05) is 34.3 Å². The van der Waals surface area contributed by atoms with Crippen LogP contribution in [0.2, 0.25) is 0 Å². The van der Waals surface area contributed by atoms with Gasteiger partial charge in [0.1, 0.15) is 6.10 Å². The molecule has 0 saturated carbocycles. The van der Waals surface area contributed by atoms with Gasteiger partial charge < -0.3 is 28.4 Å². The van der Waals surface area contributed by atoms with Crippen molar-refractivity contribution in [1.29, 1.82) is 0 Å². The molecule has 2 aromatic carbocycles. The van der Waals surface area contributed by atoms with Gasteiger partial charge >= 0.3 is 0 Å². The summed E-state index contributed by atoms with van der Waals surface area (Å²) in [6.07, 6.45) is 0.198. The van der Waals surface area contributed by atoms with E-state index in [9.17, 15) is 0 Å². The van der Waals surface area contributed by atoms with Gasteiger partial charge in [-0.05, 0) is 48.4 Å². The number of rotatable bonds is 1. The highest BCUT2D eigenvalue weighted by Gasteiger charge is 2.44. The van der Waals surface area contributed by atoms with E-state index in [0.29, 0.717) is 0 Å². The van der Waals surface area contributed by atoms with Gasteiger partial charge in [0.25, 0.3) is 0 Å². The maximum absolute atomic E-state index is 6.53. The number of fused-ring (bicyclic) bond motifs is 8. The molecule has 2 aromatic rings. The Bertz CT molecular complexity index is 960. The van der Waals surface area contributed by atoms with Crippen molar-refractivity contribution >= 4 is 0 Å². The number of hydrogen-bond donors (Lipinski definition) is 0. The zero-order valence-electron chi connectivity index (χ0n) is 15.8. The van der Waals surface area contributed by atoms with Crippen molar-refractivity contribution in [2.24, 2.45) is 0 Å². The standard InChI is InChI=1S/C21H21NO6/c1-22-6-5-11-7-15-16(26-9-25-15)8-13(11)19-18(22)12-3-4-14-20(27-10-24-14)17(12)21(23-2)28-19/h3-4,7-8,18-19,21H,5-6,9-10H2,1-2H3/t18-,19+,21-/m0/s1. The van der Waals surface area contributed by atoms with E-state index >= 15 is 0 Å². The highest BCUT2D eigenvalue weighted by atomic mass is 16.7. The maximum atomic E-state index is 6.53. The average Bonchev–Trinajstić information content (AvgIpc) is 3.35. The molecule has 3 atom stereocenters. The van der Waals surface area contributed by atoms with Crippen LogP contribution in [0, 0.1) is 0 Å². The summed E-state index contributed by atoms with van der Waals surface area (Å²) in [6.45, 7) is 1.39. The van der Waals surface area contributed by atoms with Crippen LogP contribution in [0.5, 0.6) is 23.0 Å². The summed E-state index contributed by atoms with van der Waals surface area (Å²) >= 11 is 0. The second kappa shape index (κ2) is 6.01. The van der Waals surface area contributed by atoms with Crippen LogP contribution in [-0.2, 0) is 15.9 Å². The Labute approximate surface area is 162 Å². The zero-order chi connectivity index (χ0) is 18.8. The molecule has 0 amide bonds. The molecule has 6 rings (SSSR count). The molecular weight excluding hydrogens is 362 g/mol. The molecule has 0 aliphatic carbocycles. The SMILES string of the molecule is CO[C@H]1O[C@@H]2c3cc4c(cc3CCN(C)[C@H]2c2ccc3c(c21)OCO3)OCO4. The van der Waals surface area contributed by atoms with Crippen molar-refractivity contribution in [3.63, 3.8) is 0 Å². The fraction of sp³-hybridized carbons (Fsp3) is 0.429. The normalized spacial score (nSPS) is 27.0. The van der Waals surface area contributed by atoms with Crippen LogP contribution in [0.25, 0.3) is 0 Å². The molecule has 0 unspecified atom stereocenters. The van der Waals surface area contributed by atoms with E-state index in [-0.39, 0.29) is 25.7 Å². The molecule has 146 valence electrons. The Balaban J connectivity index is 1.54. The van der Waals surface area contributed by atoms with Gasteiger partial charge in [-0.1, -0.05) is 6.07 Å². The number of ether oxygens (including phenoxy) is 6. The first-order valence-corrected chi connectivity index (χ1v) is 9.48. The zero-order valence-corrected chi connectivity index (χ0v) is 15.8. The first-order valence-electron chi connectivity index (χ1n) is 9.48. The molecule has 0 fully saturated rings. The predicted molar refractivity (Wildman–Crippen MR) is 97.8 cm³/mol. The monoisotopic (exact) mass is 383 g/mol. The molecule has 28 heavy (non-hydrogen) atoms. The van der Waals surface area contributed by atoms with Crippen molar-refractivity contribution in [2.45, 2.75) is 24.9 Å². The number of benzene rings is 2. The van der Waals surface area contributed by atoms with Crippen LogP contribution in [0.3, 0.4) is 0 Å². The predicted octanol–water partition coefficient (Wildman–Crippen LogP) is 3.09. The summed E-state index contributed by atoms with van der Waals surface area (Å²) in [6, 6.07) is 8.30. The molecule has 0 saturated heterocycles. The van der Waals surface area contributed by atoms with E-state index in [1.54, 1.807) is 7.11 Å². The highest BCUT2D eigenvalue weighted by Crippen LogP contribution is 2.55. The number of hydrogen-bond acceptors (Lipinski definition) is 7. The largest absolute Gasteiger partial charge is 0.454 e. The summed E-state index contributed by atoms with van der Waals surface area (Å²) in [5.41, 5.74) is 4.43. The fourth-order valence-electron chi connectivity index (χ4n) is 4.75. The first-order chi connectivity index (χ1) is 13.7. The maximum Gasteiger partial charge on any atom is 0.231 e. The highest BCUT2D eigenvalue weighted by molar-refractivity contribution is 5.56. The Morgan fingerprint density at radius 3 is 2.61 bits per heavy atom. The van der Waals surface area contributed by atoms with E-state index in [2.05, 4.69) is 30.1 Å². The van der Waals surface area contributed by atoms with E-state index in [0.717, 1.165) is 52.7 Å². The van der Waals surface area contributed by atoms with Crippen LogP contribution in [0.4, 0.5) is 0 Å². The molecule has 0 bridgehead atoms. The van der Waals surface area contributed by atoms with E-state index < -0.39 is 6.29 Å². The molecule has 7 heteroatoms. The molecule has 4 aliphatic heterocycles. The fourth-order valence-corrected chi connectivity index (χ4v) is 4.75. The molecule has 7 nitrogen and oxygen atoms in total. The summed E-state index contributed by atoms with van der Waals surface area (Å²) < 4.78 is 34.8. The Morgan fingerprint density at radius 1 is 0.964 bits per heavy atom. The van der Waals surface area contributed by atoms with Gasteiger partial charge in [-0.3, -0.25) is 4.90 Å². The molecular formula is C21H21NO6. The third-order valence-electron chi connectivity index (χ3n) is 6.09. The van der Waals surface area contributed by atoms with E-state index in [1.807, 2.05) is 6.07 Å². The smallest absolute Gasteiger partial charge is 0.231 e. The van der Waals surface area contributed by atoms with Crippen molar-refractivity contribution in [1.82, 2.24) is 4.90 Å². The van der Waals surface area contributed by atoms with Gasteiger partial charge in [0.15, 0.2) is 29.3 Å². The van der Waals surface area contributed by atoms with E-state index in [4.69, 9.17) is 28.4 Å². The van der Waals surface area contributed by atoms with Crippen molar-refractivity contribution < 1.29 is 28.4 Å². The lowest BCUT2D eigenvalue weighted by Crippen LogP contribution is -2.35. The summed E-state index contributed by atoms with van der Waals surface area (Å²) in [5, 5.41) is 0. The molecule has 4 aliphatic rings. The Hall–Kier alpha value is -2.48. The molecule has 0 N–H and O–H groups in total. The first kappa shape index (κ1) is 16.5. The van der Waals surface area contributed by atoms with Gasteiger partial charge in [0.05, 0.1) is 11.6 Å². The lowest BCUT2D eigenvalue weighted by molar-refractivity contribution is -0.190. The topological polar surface area (TPSA) is 58.6 Å². The lowest BCUT2D eigenvalue weighted by atomic mass is 9.87. The second-order valence-electron chi connectivity index (χ2n) is 7.51. The number of nitrogens with zero attached hydrogens (tertiary/aromatic N) is 1. The van der Waals surface area contributed by atoms with Gasteiger partial charge in [-0.2, -0.15) is 0 Å². The van der Waals surface area contributed by atoms with Crippen LogP contribution < -0.4 is 18.9 Å². The molecule has 0 radical (unpaired) electrons. The average molecular weight is 383 g/mol. The summed E-state index contributed by atoms with van der Waals surface area (Å²) in [7, 11) is 3.79. The van der Waals surface area contributed by atoms with Crippen molar-refractivity contribution in [3.8, 4) is 23.0 Å². The van der Waals surface area contributed by atoms with Crippen LogP contribution in [0.1, 0.15) is 40.7 Å². The third-order valence-corrected chi connectivity index (χ3v) is 6.09. The Morgan fingerprint density at radius 2 is 1.75 bits per heavy atom. The Kier molecular flexibility index (Phi) is 3.53. The second-order valence-corrected chi connectivity index (χ2v) is 7.51. The van der Waals surface area contributed by atoms with Crippen LogP contribution >= 0.6 is 0 Å². The number of likely N-dealkylation sites (N-methyl/N-ethyl adjacent to an activating group) is 1. The minimum atomic E-state index is -0.530. The summed E-state index contributed by atoms with van der Waals surface area (Å²) in [4.78, 5) is 2.34. The van der Waals surface area contributed by atoms with Crippen LogP contribution in [-0.4, -0.2) is 39.2 Å². The summed E-state index contributed by atoms with van der Waals surface area (Å²) in [5.74, 6) is 3.05. The van der Waals surface area contributed by atoms with Crippen LogP contribution in [0.15, 0.2) is 24.3 Å². The van der Waals surface area contributed by atoms with Gasteiger partial charge in [0, 0.05) is 13.7 Å². The number of methoxy groups -OCH3 is 1. The molecule has 0 spiro atoms. The minimum Gasteiger partial charge on any atom is -0.454 e.